The summed E-state index contributed by atoms with van der Waals surface area (Å²) in [5, 5.41) is 3.22. The summed E-state index contributed by atoms with van der Waals surface area (Å²) >= 11 is 0. The SMILES string of the molecule is O=C(c1cc(-c2cccc3ccccc23)nc2ccccc12)N1CCN(Cc2ccccc2)CC1. The number of carbonyl (C=O) groups is 1. The second-order valence-electron chi connectivity index (χ2n) is 9.15. The Kier molecular flexibility index (Phi) is 5.73. The highest BCUT2D eigenvalue weighted by molar-refractivity contribution is 6.08. The molecule has 6 rings (SSSR count). The quantitative estimate of drug-likeness (QED) is 0.331. The Morgan fingerprint density at radius 2 is 1.40 bits per heavy atom. The number of pyridine rings is 1. The van der Waals surface area contributed by atoms with Crippen molar-refractivity contribution < 1.29 is 4.79 Å². The van der Waals surface area contributed by atoms with E-state index < -0.39 is 0 Å². The Hall–Kier alpha value is -4.02. The average Bonchev–Trinajstić information content (AvgIpc) is 2.93. The summed E-state index contributed by atoms with van der Waals surface area (Å²) < 4.78 is 0. The van der Waals surface area contributed by atoms with Crippen LogP contribution in [-0.2, 0) is 6.54 Å². The topological polar surface area (TPSA) is 36.4 Å². The maximum absolute atomic E-state index is 13.8. The van der Waals surface area contributed by atoms with Gasteiger partial charge >= 0.3 is 0 Å². The second kappa shape index (κ2) is 9.32. The molecule has 1 saturated heterocycles. The lowest BCUT2D eigenvalue weighted by atomic mass is 9.98. The van der Waals surface area contributed by atoms with E-state index in [0.29, 0.717) is 0 Å². The van der Waals surface area contributed by atoms with E-state index in [9.17, 15) is 4.79 Å². The lowest BCUT2D eigenvalue weighted by molar-refractivity contribution is 0.0630. The van der Waals surface area contributed by atoms with Crippen molar-refractivity contribution in [3.63, 3.8) is 0 Å². The van der Waals surface area contributed by atoms with Gasteiger partial charge < -0.3 is 4.90 Å². The van der Waals surface area contributed by atoms with Crippen LogP contribution in [0.4, 0.5) is 0 Å². The first-order chi connectivity index (χ1) is 17.3. The molecule has 4 aromatic carbocycles. The fourth-order valence-electron chi connectivity index (χ4n) is 5.06. The van der Waals surface area contributed by atoms with E-state index in [1.807, 2.05) is 53.4 Å². The van der Waals surface area contributed by atoms with E-state index in [0.717, 1.165) is 65.8 Å². The number of amides is 1. The third-order valence-corrected chi connectivity index (χ3v) is 6.92. The first kappa shape index (κ1) is 21.5. The number of para-hydroxylation sites is 1. The summed E-state index contributed by atoms with van der Waals surface area (Å²) in [5.74, 6) is 0.0875. The summed E-state index contributed by atoms with van der Waals surface area (Å²) in [6.07, 6.45) is 0. The van der Waals surface area contributed by atoms with Crippen LogP contribution in [0.25, 0.3) is 32.9 Å². The van der Waals surface area contributed by atoms with Gasteiger partial charge in [0.1, 0.15) is 0 Å². The molecule has 0 spiro atoms. The van der Waals surface area contributed by atoms with Crippen molar-refractivity contribution >= 4 is 27.6 Å². The fraction of sp³-hybridized carbons (Fsp3) is 0.161. The predicted molar refractivity (Wildman–Crippen MR) is 142 cm³/mol. The molecule has 1 aromatic heterocycles. The molecular weight excluding hydrogens is 430 g/mol. The molecule has 0 radical (unpaired) electrons. The van der Waals surface area contributed by atoms with Crippen molar-refractivity contribution in [3.05, 3.63) is 114 Å². The van der Waals surface area contributed by atoms with Crippen LogP contribution < -0.4 is 0 Å². The van der Waals surface area contributed by atoms with Crippen molar-refractivity contribution in [1.82, 2.24) is 14.8 Å². The van der Waals surface area contributed by atoms with E-state index in [4.69, 9.17) is 4.98 Å². The molecule has 0 unspecified atom stereocenters. The second-order valence-corrected chi connectivity index (χ2v) is 9.15. The standard InChI is InChI=1S/C31H27N3O/c35-31(34-19-17-33(18-20-34)22-23-9-2-1-3-10-23)28-21-30(32-29-16-7-6-14-27(28)29)26-15-8-12-24-11-4-5-13-25(24)26/h1-16,21H,17-20,22H2. The zero-order valence-electron chi connectivity index (χ0n) is 19.6. The summed E-state index contributed by atoms with van der Waals surface area (Å²) in [4.78, 5) is 23.2. The minimum absolute atomic E-state index is 0.0875. The molecule has 0 aliphatic carbocycles. The average molecular weight is 458 g/mol. The first-order valence-corrected chi connectivity index (χ1v) is 12.2. The number of benzene rings is 4. The Bertz CT molecular complexity index is 1500. The van der Waals surface area contributed by atoms with Crippen molar-refractivity contribution in [1.29, 1.82) is 0 Å². The van der Waals surface area contributed by atoms with Gasteiger partial charge in [-0.15, -0.1) is 0 Å². The summed E-state index contributed by atoms with van der Waals surface area (Å²) in [6, 6.07) is 35.1. The van der Waals surface area contributed by atoms with E-state index in [-0.39, 0.29) is 5.91 Å². The zero-order chi connectivity index (χ0) is 23.6. The Balaban J connectivity index is 1.31. The van der Waals surface area contributed by atoms with Crippen LogP contribution in [0.1, 0.15) is 15.9 Å². The Morgan fingerprint density at radius 1 is 0.714 bits per heavy atom. The van der Waals surface area contributed by atoms with Crippen LogP contribution in [0.2, 0.25) is 0 Å². The van der Waals surface area contributed by atoms with Crippen molar-refractivity contribution in [2.75, 3.05) is 26.2 Å². The van der Waals surface area contributed by atoms with Crippen molar-refractivity contribution in [3.8, 4) is 11.3 Å². The van der Waals surface area contributed by atoms with Gasteiger partial charge in [-0.25, -0.2) is 4.98 Å². The minimum Gasteiger partial charge on any atom is -0.336 e. The Morgan fingerprint density at radius 3 is 2.23 bits per heavy atom. The number of fused-ring (bicyclic) bond motifs is 2. The number of hydrogen-bond acceptors (Lipinski definition) is 3. The van der Waals surface area contributed by atoms with Gasteiger partial charge in [-0.05, 0) is 28.5 Å². The summed E-state index contributed by atoms with van der Waals surface area (Å²) in [7, 11) is 0. The van der Waals surface area contributed by atoms with Crippen LogP contribution in [0, 0.1) is 0 Å². The number of carbonyl (C=O) groups excluding carboxylic acids is 1. The van der Waals surface area contributed by atoms with E-state index in [1.54, 1.807) is 0 Å². The molecule has 0 atom stereocenters. The number of rotatable bonds is 4. The molecule has 1 fully saturated rings. The van der Waals surface area contributed by atoms with Crippen LogP contribution >= 0.6 is 0 Å². The predicted octanol–water partition coefficient (Wildman–Crippen LogP) is 6.01. The van der Waals surface area contributed by atoms with Crippen LogP contribution in [-0.4, -0.2) is 46.9 Å². The smallest absolute Gasteiger partial charge is 0.254 e. The van der Waals surface area contributed by atoms with Gasteiger partial charge in [-0.1, -0.05) is 91.0 Å². The van der Waals surface area contributed by atoms with Crippen LogP contribution in [0.3, 0.4) is 0 Å². The van der Waals surface area contributed by atoms with E-state index in [1.165, 1.54) is 10.9 Å². The van der Waals surface area contributed by atoms with Gasteiger partial charge in [-0.2, -0.15) is 0 Å². The molecule has 0 bridgehead atoms. The Labute approximate surface area is 205 Å². The van der Waals surface area contributed by atoms with Crippen LogP contribution in [0.5, 0.6) is 0 Å². The maximum Gasteiger partial charge on any atom is 0.254 e. The van der Waals surface area contributed by atoms with Crippen molar-refractivity contribution in [2.24, 2.45) is 0 Å². The highest BCUT2D eigenvalue weighted by Gasteiger charge is 2.24. The summed E-state index contributed by atoms with van der Waals surface area (Å²) in [5.41, 5.74) is 4.79. The molecule has 4 nitrogen and oxygen atoms in total. The normalized spacial score (nSPS) is 14.5. The molecule has 0 saturated carbocycles. The number of hydrogen-bond donors (Lipinski definition) is 0. The molecule has 1 aliphatic heterocycles. The zero-order valence-corrected chi connectivity index (χ0v) is 19.6. The highest BCUT2D eigenvalue weighted by atomic mass is 16.2. The van der Waals surface area contributed by atoms with Crippen molar-refractivity contribution in [2.45, 2.75) is 6.54 Å². The summed E-state index contributed by atoms with van der Waals surface area (Å²) in [6.45, 7) is 4.13. The molecule has 1 aliphatic rings. The van der Waals surface area contributed by atoms with Gasteiger partial charge in [0.2, 0.25) is 0 Å². The third-order valence-electron chi connectivity index (χ3n) is 6.92. The van der Waals surface area contributed by atoms with Gasteiger partial charge in [0.25, 0.3) is 5.91 Å². The molecule has 0 N–H and O–H groups in total. The lowest BCUT2D eigenvalue weighted by Gasteiger charge is -2.35. The largest absolute Gasteiger partial charge is 0.336 e. The first-order valence-electron chi connectivity index (χ1n) is 12.2. The van der Waals surface area contributed by atoms with Gasteiger partial charge in [0.15, 0.2) is 0 Å². The molecule has 2 heterocycles. The number of nitrogens with zero attached hydrogens (tertiary/aromatic N) is 3. The maximum atomic E-state index is 13.8. The molecule has 35 heavy (non-hydrogen) atoms. The fourth-order valence-corrected chi connectivity index (χ4v) is 5.06. The monoisotopic (exact) mass is 457 g/mol. The molecular formula is C31H27N3O. The van der Waals surface area contributed by atoms with Gasteiger partial charge in [0.05, 0.1) is 16.8 Å². The minimum atomic E-state index is 0.0875. The van der Waals surface area contributed by atoms with Crippen LogP contribution in [0.15, 0.2) is 103 Å². The third kappa shape index (κ3) is 4.29. The number of piperazine rings is 1. The highest BCUT2D eigenvalue weighted by Crippen LogP contribution is 2.31. The molecule has 4 heteroatoms. The van der Waals surface area contributed by atoms with Gasteiger partial charge in [-0.3, -0.25) is 9.69 Å². The van der Waals surface area contributed by atoms with E-state index in [2.05, 4.69) is 59.5 Å². The van der Waals surface area contributed by atoms with E-state index >= 15 is 0 Å². The molecule has 5 aromatic rings. The molecule has 172 valence electrons. The number of aromatic nitrogens is 1. The van der Waals surface area contributed by atoms with Gasteiger partial charge in [0, 0.05) is 43.7 Å². The molecule has 1 amide bonds. The lowest BCUT2D eigenvalue weighted by Crippen LogP contribution is -2.48.